The molecule has 10 heteroatoms. The summed E-state index contributed by atoms with van der Waals surface area (Å²) in [7, 11) is 1.36. The number of fused-ring (bicyclic) bond motifs is 1. The molecule has 184 valence electrons. The molecule has 0 radical (unpaired) electrons. The molecule has 1 N–H and O–H groups in total. The Labute approximate surface area is 212 Å². The van der Waals surface area contributed by atoms with Crippen molar-refractivity contribution in [2.45, 2.75) is 51.4 Å². The SMILES string of the molecule is C=CCn1c(COc2cc(C)ccc2C)nnc1SCC(=O)Nc1sc2c(c1C(=O)OC)CCC2. The Bertz CT molecular complexity index is 1260. The molecule has 3 aromatic rings. The van der Waals surface area contributed by atoms with Crippen LogP contribution in [-0.4, -0.2) is 39.5 Å². The summed E-state index contributed by atoms with van der Waals surface area (Å²) >= 11 is 2.73. The van der Waals surface area contributed by atoms with Crippen LogP contribution in [-0.2, 0) is 35.5 Å². The Morgan fingerprint density at radius 1 is 1.29 bits per heavy atom. The number of carbonyl (C=O) groups is 2. The van der Waals surface area contributed by atoms with E-state index in [1.54, 1.807) is 6.08 Å². The van der Waals surface area contributed by atoms with Gasteiger partial charge in [-0.1, -0.05) is 30.0 Å². The summed E-state index contributed by atoms with van der Waals surface area (Å²) in [5.41, 5.74) is 3.65. The van der Waals surface area contributed by atoms with Gasteiger partial charge in [0.15, 0.2) is 11.0 Å². The normalized spacial score (nSPS) is 12.3. The molecule has 4 rings (SSSR count). The van der Waals surface area contributed by atoms with Crippen molar-refractivity contribution in [1.82, 2.24) is 14.8 Å². The predicted molar refractivity (Wildman–Crippen MR) is 138 cm³/mol. The Morgan fingerprint density at radius 3 is 2.89 bits per heavy atom. The van der Waals surface area contributed by atoms with Crippen molar-refractivity contribution in [2.75, 3.05) is 18.2 Å². The van der Waals surface area contributed by atoms with Gasteiger partial charge in [-0.2, -0.15) is 0 Å². The zero-order valence-electron chi connectivity index (χ0n) is 20.1. The lowest BCUT2D eigenvalue weighted by Crippen LogP contribution is -2.17. The lowest BCUT2D eigenvalue weighted by molar-refractivity contribution is -0.113. The van der Waals surface area contributed by atoms with E-state index in [0.717, 1.165) is 46.6 Å². The molecule has 35 heavy (non-hydrogen) atoms. The molecule has 2 aromatic heterocycles. The number of esters is 1. The number of nitrogens with one attached hydrogen (secondary N) is 1. The van der Waals surface area contributed by atoms with Crippen LogP contribution < -0.4 is 10.1 Å². The standard InChI is InChI=1S/C25H28N4O4S2/c1-5-11-29-20(13-33-18-12-15(2)9-10-16(18)3)27-28-25(29)34-14-21(30)26-23-22(24(31)32-4)17-7-6-8-19(17)35-23/h5,9-10,12H,1,6-8,11,13-14H2,2-4H3,(H,26,30). The van der Waals surface area contributed by atoms with E-state index in [9.17, 15) is 9.59 Å². The number of carbonyl (C=O) groups excluding carboxylic acids is 2. The molecule has 8 nitrogen and oxygen atoms in total. The first-order valence-corrected chi connectivity index (χ1v) is 13.1. The molecule has 0 atom stereocenters. The lowest BCUT2D eigenvalue weighted by Gasteiger charge is -2.11. The van der Waals surface area contributed by atoms with Gasteiger partial charge in [0.2, 0.25) is 5.91 Å². The van der Waals surface area contributed by atoms with E-state index in [2.05, 4.69) is 22.1 Å². The fourth-order valence-corrected chi connectivity index (χ4v) is 6.01. The van der Waals surface area contributed by atoms with Gasteiger partial charge in [-0.25, -0.2) is 4.79 Å². The molecule has 0 unspecified atom stereocenters. The molecule has 0 bridgehead atoms. The topological polar surface area (TPSA) is 95.3 Å². The van der Waals surface area contributed by atoms with E-state index < -0.39 is 5.97 Å². The molecule has 0 saturated carbocycles. The lowest BCUT2D eigenvalue weighted by atomic mass is 10.1. The molecule has 1 aliphatic carbocycles. The van der Waals surface area contributed by atoms with Crippen molar-refractivity contribution < 1.29 is 19.1 Å². The number of nitrogens with zero attached hydrogens (tertiary/aromatic N) is 3. The Kier molecular flexibility index (Phi) is 7.92. The average Bonchev–Trinajstić information content (AvgIpc) is 3.53. The summed E-state index contributed by atoms with van der Waals surface area (Å²) < 4.78 is 12.8. The van der Waals surface area contributed by atoms with Crippen LogP contribution in [0.1, 0.15) is 44.2 Å². The first-order valence-electron chi connectivity index (χ1n) is 11.3. The first-order chi connectivity index (χ1) is 16.9. The highest BCUT2D eigenvalue weighted by atomic mass is 32.2. The molecular weight excluding hydrogens is 484 g/mol. The Hall–Kier alpha value is -3.11. The number of methoxy groups -OCH3 is 1. The van der Waals surface area contributed by atoms with E-state index in [-0.39, 0.29) is 18.3 Å². The second-order valence-electron chi connectivity index (χ2n) is 8.25. The summed E-state index contributed by atoms with van der Waals surface area (Å²) in [5.74, 6) is 0.941. The monoisotopic (exact) mass is 512 g/mol. The highest BCUT2D eigenvalue weighted by Gasteiger charge is 2.28. The van der Waals surface area contributed by atoms with Crippen LogP contribution in [0.25, 0.3) is 0 Å². The van der Waals surface area contributed by atoms with Gasteiger partial charge < -0.3 is 14.8 Å². The summed E-state index contributed by atoms with van der Waals surface area (Å²) in [6, 6.07) is 6.06. The van der Waals surface area contributed by atoms with Crippen LogP contribution in [0.2, 0.25) is 0 Å². The Morgan fingerprint density at radius 2 is 2.11 bits per heavy atom. The van der Waals surface area contributed by atoms with E-state index in [1.807, 2.05) is 36.6 Å². The van der Waals surface area contributed by atoms with Crippen LogP contribution in [0.5, 0.6) is 5.75 Å². The van der Waals surface area contributed by atoms with Crippen molar-refractivity contribution >= 4 is 40.0 Å². The first kappa shape index (κ1) is 25.0. The van der Waals surface area contributed by atoms with Crippen molar-refractivity contribution in [3.05, 3.63) is 63.8 Å². The maximum atomic E-state index is 12.8. The van der Waals surface area contributed by atoms with Crippen molar-refractivity contribution in [3.8, 4) is 5.75 Å². The van der Waals surface area contributed by atoms with Gasteiger partial charge in [0.1, 0.15) is 17.4 Å². The summed E-state index contributed by atoms with van der Waals surface area (Å²) in [6.45, 7) is 8.58. The molecule has 1 aromatic carbocycles. The highest BCUT2D eigenvalue weighted by Crippen LogP contribution is 2.39. The molecule has 0 saturated heterocycles. The number of thiophene rings is 1. The quantitative estimate of drug-likeness (QED) is 0.238. The number of anilines is 1. The van der Waals surface area contributed by atoms with Crippen molar-refractivity contribution in [3.63, 3.8) is 0 Å². The number of aromatic nitrogens is 3. The van der Waals surface area contributed by atoms with E-state index >= 15 is 0 Å². The Balaban J connectivity index is 1.42. The number of allylic oxidation sites excluding steroid dienone is 1. The molecule has 1 aliphatic rings. The number of rotatable bonds is 10. The maximum absolute atomic E-state index is 12.8. The maximum Gasteiger partial charge on any atom is 0.341 e. The smallest absolute Gasteiger partial charge is 0.341 e. The number of ether oxygens (including phenoxy) is 2. The van der Waals surface area contributed by atoms with E-state index in [1.165, 1.54) is 30.2 Å². The van der Waals surface area contributed by atoms with Crippen LogP contribution in [0.4, 0.5) is 5.00 Å². The van der Waals surface area contributed by atoms with Gasteiger partial charge in [-0.05, 0) is 55.9 Å². The predicted octanol–water partition coefficient (Wildman–Crippen LogP) is 4.73. The van der Waals surface area contributed by atoms with Crippen molar-refractivity contribution in [1.29, 1.82) is 0 Å². The van der Waals surface area contributed by atoms with Crippen molar-refractivity contribution in [2.24, 2.45) is 0 Å². The number of hydrogen-bond donors (Lipinski definition) is 1. The summed E-state index contributed by atoms with van der Waals surface area (Å²) in [4.78, 5) is 26.2. The van der Waals surface area contributed by atoms with Crippen LogP contribution in [0.3, 0.4) is 0 Å². The summed E-state index contributed by atoms with van der Waals surface area (Å²) in [6.07, 6.45) is 4.53. The van der Waals surface area contributed by atoms with Crippen LogP contribution in [0.15, 0.2) is 36.0 Å². The molecule has 2 heterocycles. The highest BCUT2D eigenvalue weighted by molar-refractivity contribution is 7.99. The zero-order valence-corrected chi connectivity index (χ0v) is 21.7. The fraction of sp³-hybridized carbons (Fsp3) is 0.360. The third-order valence-corrected chi connectivity index (χ3v) is 7.88. The minimum absolute atomic E-state index is 0.121. The minimum atomic E-state index is -0.411. The van der Waals surface area contributed by atoms with Gasteiger partial charge in [0, 0.05) is 11.4 Å². The second-order valence-corrected chi connectivity index (χ2v) is 10.3. The number of amides is 1. The summed E-state index contributed by atoms with van der Waals surface area (Å²) in [5, 5.41) is 12.6. The zero-order chi connectivity index (χ0) is 24.9. The number of thioether (sulfide) groups is 1. The molecule has 0 fully saturated rings. The molecule has 1 amide bonds. The number of hydrogen-bond acceptors (Lipinski definition) is 8. The molecule has 0 aliphatic heterocycles. The fourth-order valence-electron chi connectivity index (χ4n) is 3.95. The van der Waals surface area contributed by atoms with Gasteiger partial charge in [-0.15, -0.1) is 28.1 Å². The van der Waals surface area contributed by atoms with E-state index in [4.69, 9.17) is 9.47 Å². The third kappa shape index (κ3) is 5.59. The second kappa shape index (κ2) is 11.1. The van der Waals surface area contributed by atoms with Crippen LogP contribution >= 0.6 is 23.1 Å². The van der Waals surface area contributed by atoms with E-state index in [0.29, 0.717) is 28.1 Å². The van der Waals surface area contributed by atoms with Gasteiger partial charge in [-0.3, -0.25) is 9.36 Å². The average molecular weight is 513 g/mol. The minimum Gasteiger partial charge on any atom is -0.485 e. The van der Waals surface area contributed by atoms with Crippen LogP contribution in [0, 0.1) is 13.8 Å². The van der Waals surface area contributed by atoms with Gasteiger partial charge in [0.25, 0.3) is 0 Å². The third-order valence-electron chi connectivity index (χ3n) is 5.70. The molecular formula is C25H28N4O4S2. The largest absolute Gasteiger partial charge is 0.485 e. The molecule has 0 spiro atoms. The number of aryl methyl sites for hydroxylation is 3. The van der Waals surface area contributed by atoms with Gasteiger partial charge >= 0.3 is 5.97 Å². The number of benzene rings is 1. The van der Waals surface area contributed by atoms with Gasteiger partial charge in [0.05, 0.1) is 18.4 Å².